The van der Waals surface area contributed by atoms with E-state index in [0.29, 0.717) is 11.1 Å². The molecule has 1 aliphatic heterocycles. The zero-order chi connectivity index (χ0) is 12.7. The van der Waals surface area contributed by atoms with E-state index in [0.717, 1.165) is 16.0 Å². The van der Waals surface area contributed by atoms with Gasteiger partial charge in [-0.3, -0.25) is 14.5 Å². The summed E-state index contributed by atoms with van der Waals surface area (Å²) in [4.78, 5) is 25.5. The van der Waals surface area contributed by atoms with Gasteiger partial charge in [-0.15, -0.1) is 0 Å². The van der Waals surface area contributed by atoms with Crippen molar-refractivity contribution in [2.45, 2.75) is 26.8 Å². The molecule has 1 N–H and O–H groups in total. The van der Waals surface area contributed by atoms with Gasteiger partial charge in [-0.05, 0) is 31.9 Å². The first-order chi connectivity index (χ1) is 7.99. The van der Waals surface area contributed by atoms with Gasteiger partial charge in [0.1, 0.15) is 0 Å². The molecule has 1 aromatic carbocycles. The van der Waals surface area contributed by atoms with Gasteiger partial charge in [-0.2, -0.15) is 0 Å². The van der Waals surface area contributed by atoms with Gasteiger partial charge in [0, 0.05) is 0 Å². The van der Waals surface area contributed by atoms with Gasteiger partial charge in [-0.25, -0.2) is 0 Å². The van der Waals surface area contributed by atoms with E-state index in [1.807, 2.05) is 26.0 Å². The fourth-order valence-corrected chi connectivity index (χ4v) is 2.18. The van der Waals surface area contributed by atoms with Crippen LogP contribution in [-0.4, -0.2) is 34.5 Å². The van der Waals surface area contributed by atoms with E-state index < -0.39 is 6.04 Å². The molecule has 0 fully saturated rings. The Balaban J connectivity index is 2.61. The maximum absolute atomic E-state index is 12.2. The minimum absolute atomic E-state index is 0.219. The first kappa shape index (κ1) is 11.8. The molecule has 0 saturated heterocycles. The van der Waals surface area contributed by atoms with E-state index in [1.165, 1.54) is 0 Å². The zero-order valence-electron chi connectivity index (χ0n) is 10.2. The molecule has 0 saturated carbocycles. The standard InChI is InChI=1S/C13H15NO3/c1-7-4-5-8(2)11-10(7)12(16)14(13(11)17)9(3)6-15/h4-5,9,15H,6H2,1-3H3/t9-/m0/s1. The molecule has 1 aromatic rings. The number of rotatable bonds is 2. The SMILES string of the molecule is Cc1ccc(C)c2c1C(=O)N([C@@H](C)CO)C2=O. The van der Waals surface area contributed by atoms with Crippen molar-refractivity contribution in [2.75, 3.05) is 6.61 Å². The molecule has 2 amide bonds. The average molecular weight is 233 g/mol. The van der Waals surface area contributed by atoms with Crippen LogP contribution in [0.5, 0.6) is 0 Å². The van der Waals surface area contributed by atoms with E-state index >= 15 is 0 Å². The molecule has 0 aromatic heterocycles. The molecular weight excluding hydrogens is 218 g/mol. The molecule has 4 heteroatoms. The fraction of sp³-hybridized carbons (Fsp3) is 0.385. The van der Waals surface area contributed by atoms with Crippen LogP contribution in [0.4, 0.5) is 0 Å². The van der Waals surface area contributed by atoms with Gasteiger partial charge in [-0.1, -0.05) is 12.1 Å². The van der Waals surface area contributed by atoms with Crippen LogP contribution in [0.1, 0.15) is 38.8 Å². The Morgan fingerprint density at radius 2 is 1.53 bits per heavy atom. The minimum atomic E-state index is -0.485. The largest absolute Gasteiger partial charge is 0.394 e. The Morgan fingerprint density at radius 3 is 1.88 bits per heavy atom. The number of hydrogen-bond acceptors (Lipinski definition) is 3. The topological polar surface area (TPSA) is 57.6 Å². The summed E-state index contributed by atoms with van der Waals surface area (Å²) in [6.07, 6.45) is 0. The minimum Gasteiger partial charge on any atom is -0.394 e. The van der Waals surface area contributed by atoms with Gasteiger partial charge in [0.15, 0.2) is 0 Å². The molecule has 0 radical (unpaired) electrons. The second-order valence-corrected chi connectivity index (χ2v) is 4.46. The molecule has 0 unspecified atom stereocenters. The van der Waals surface area contributed by atoms with Crippen LogP contribution in [0.25, 0.3) is 0 Å². The Hall–Kier alpha value is -1.68. The summed E-state index contributed by atoms with van der Waals surface area (Å²) < 4.78 is 0. The predicted molar refractivity (Wildman–Crippen MR) is 63.0 cm³/mol. The number of hydrogen-bond donors (Lipinski definition) is 1. The fourth-order valence-electron chi connectivity index (χ4n) is 2.18. The van der Waals surface area contributed by atoms with Gasteiger partial charge in [0.25, 0.3) is 11.8 Å². The summed E-state index contributed by atoms with van der Waals surface area (Å²) >= 11 is 0. The lowest BCUT2D eigenvalue weighted by atomic mass is 9.99. The summed E-state index contributed by atoms with van der Waals surface area (Å²) in [7, 11) is 0. The van der Waals surface area contributed by atoms with Crippen LogP contribution in [0.3, 0.4) is 0 Å². The number of carbonyl (C=O) groups excluding carboxylic acids is 2. The summed E-state index contributed by atoms with van der Waals surface area (Å²) in [5.41, 5.74) is 2.57. The maximum atomic E-state index is 12.2. The molecule has 0 bridgehead atoms. The molecule has 4 nitrogen and oxygen atoms in total. The van der Waals surface area contributed by atoms with Crippen LogP contribution < -0.4 is 0 Å². The Morgan fingerprint density at radius 1 is 1.12 bits per heavy atom. The van der Waals surface area contributed by atoms with Crippen molar-refractivity contribution in [2.24, 2.45) is 0 Å². The van der Waals surface area contributed by atoms with Gasteiger partial charge in [0.05, 0.1) is 23.8 Å². The second kappa shape index (κ2) is 3.96. The van der Waals surface area contributed by atoms with Crippen molar-refractivity contribution in [1.82, 2.24) is 4.90 Å². The highest BCUT2D eigenvalue weighted by Gasteiger charge is 2.40. The van der Waals surface area contributed by atoms with Crippen molar-refractivity contribution < 1.29 is 14.7 Å². The first-order valence-electron chi connectivity index (χ1n) is 5.58. The highest BCUT2D eigenvalue weighted by atomic mass is 16.3. The highest BCUT2D eigenvalue weighted by Crippen LogP contribution is 2.29. The predicted octanol–water partition coefficient (Wildman–Crippen LogP) is 1.28. The molecule has 2 rings (SSSR count). The lowest BCUT2D eigenvalue weighted by molar-refractivity contribution is 0.0537. The maximum Gasteiger partial charge on any atom is 0.262 e. The summed E-state index contributed by atoms with van der Waals surface area (Å²) in [6.45, 7) is 5.07. The number of imide groups is 1. The van der Waals surface area contributed by atoms with Gasteiger partial charge in [0.2, 0.25) is 0 Å². The van der Waals surface area contributed by atoms with Crippen molar-refractivity contribution in [3.8, 4) is 0 Å². The highest BCUT2D eigenvalue weighted by molar-refractivity contribution is 6.22. The smallest absolute Gasteiger partial charge is 0.262 e. The van der Waals surface area contributed by atoms with E-state index in [2.05, 4.69) is 0 Å². The lowest BCUT2D eigenvalue weighted by Crippen LogP contribution is -2.40. The van der Waals surface area contributed by atoms with E-state index in [9.17, 15) is 9.59 Å². The molecule has 1 heterocycles. The van der Waals surface area contributed by atoms with Crippen LogP contribution in [0.15, 0.2) is 12.1 Å². The third-order valence-corrected chi connectivity index (χ3v) is 3.19. The zero-order valence-corrected chi connectivity index (χ0v) is 10.2. The third kappa shape index (κ3) is 1.56. The number of aliphatic hydroxyl groups excluding tert-OH is 1. The molecule has 17 heavy (non-hydrogen) atoms. The van der Waals surface area contributed by atoms with E-state index in [4.69, 9.17) is 5.11 Å². The Bertz CT molecular complexity index is 467. The lowest BCUT2D eigenvalue weighted by Gasteiger charge is -2.20. The van der Waals surface area contributed by atoms with Crippen molar-refractivity contribution >= 4 is 11.8 Å². The third-order valence-electron chi connectivity index (χ3n) is 3.19. The van der Waals surface area contributed by atoms with E-state index in [1.54, 1.807) is 6.92 Å². The number of amides is 2. The first-order valence-corrected chi connectivity index (χ1v) is 5.58. The van der Waals surface area contributed by atoms with Crippen LogP contribution in [-0.2, 0) is 0 Å². The Labute approximate surface area is 99.9 Å². The summed E-state index contributed by atoms with van der Waals surface area (Å²) in [5, 5.41) is 9.10. The average Bonchev–Trinajstić information content (AvgIpc) is 2.56. The quantitative estimate of drug-likeness (QED) is 0.783. The number of fused-ring (bicyclic) bond motifs is 1. The van der Waals surface area contributed by atoms with Crippen molar-refractivity contribution in [3.05, 3.63) is 34.4 Å². The Kier molecular flexibility index (Phi) is 2.75. The number of nitrogens with zero attached hydrogens (tertiary/aromatic N) is 1. The summed E-state index contributed by atoms with van der Waals surface area (Å²) in [6, 6.07) is 3.19. The number of aryl methyl sites for hydroxylation is 2. The van der Waals surface area contributed by atoms with Crippen LogP contribution in [0.2, 0.25) is 0 Å². The van der Waals surface area contributed by atoms with Crippen molar-refractivity contribution in [3.63, 3.8) is 0 Å². The number of carbonyl (C=O) groups is 2. The molecule has 90 valence electrons. The molecular formula is C13H15NO3. The van der Waals surface area contributed by atoms with Gasteiger partial charge >= 0.3 is 0 Å². The summed E-state index contributed by atoms with van der Waals surface area (Å²) in [5.74, 6) is -0.597. The van der Waals surface area contributed by atoms with Crippen molar-refractivity contribution in [1.29, 1.82) is 0 Å². The van der Waals surface area contributed by atoms with Crippen LogP contribution >= 0.6 is 0 Å². The number of aliphatic hydroxyl groups is 1. The molecule has 0 aliphatic carbocycles. The van der Waals surface area contributed by atoms with Crippen LogP contribution in [0, 0.1) is 13.8 Å². The monoisotopic (exact) mass is 233 g/mol. The normalized spacial score (nSPS) is 16.4. The molecule has 0 spiro atoms. The second-order valence-electron chi connectivity index (χ2n) is 4.46. The molecule has 1 aliphatic rings. The van der Waals surface area contributed by atoms with E-state index in [-0.39, 0.29) is 18.4 Å². The number of benzene rings is 1. The van der Waals surface area contributed by atoms with Gasteiger partial charge < -0.3 is 5.11 Å². The molecule has 1 atom stereocenters.